The predicted octanol–water partition coefficient (Wildman–Crippen LogP) is 0.0238. The molecule has 1 heterocycles. The first-order valence-electron chi connectivity index (χ1n) is 6.61. The summed E-state index contributed by atoms with van der Waals surface area (Å²) in [6, 6.07) is -0.559. The van der Waals surface area contributed by atoms with Crippen LogP contribution < -0.4 is 4.72 Å². The van der Waals surface area contributed by atoms with Crippen molar-refractivity contribution < 1.29 is 23.4 Å². The minimum absolute atomic E-state index is 0.0415. The molecule has 0 bridgehead atoms. The lowest BCUT2D eigenvalue weighted by Gasteiger charge is -2.14. The molecule has 0 fully saturated rings. The zero-order chi connectivity index (χ0) is 16.2. The van der Waals surface area contributed by atoms with Crippen molar-refractivity contribution in [2.24, 2.45) is 0 Å². The van der Waals surface area contributed by atoms with Crippen LogP contribution in [0.4, 0.5) is 0 Å². The van der Waals surface area contributed by atoms with E-state index in [9.17, 15) is 13.2 Å². The first-order chi connectivity index (χ1) is 9.72. The molecule has 0 aliphatic heterocycles. The first kappa shape index (κ1) is 17.6. The summed E-state index contributed by atoms with van der Waals surface area (Å²) >= 11 is 0. The summed E-state index contributed by atoms with van der Waals surface area (Å²) in [7, 11) is -3.80. The van der Waals surface area contributed by atoms with E-state index in [1.165, 1.54) is 4.68 Å². The van der Waals surface area contributed by atoms with Crippen LogP contribution in [-0.2, 0) is 21.4 Å². The van der Waals surface area contributed by atoms with E-state index in [1.54, 1.807) is 20.8 Å². The number of aromatic nitrogens is 2. The maximum absolute atomic E-state index is 12.4. The monoisotopic (exact) mass is 319 g/mol. The number of nitrogens with zero attached hydrogens (tertiary/aromatic N) is 2. The van der Waals surface area contributed by atoms with E-state index in [0.29, 0.717) is 17.8 Å². The number of carbonyl (C=O) groups is 1. The Kier molecular flexibility index (Phi) is 5.87. The van der Waals surface area contributed by atoms with Crippen LogP contribution in [0, 0.1) is 13.8 Å². The molecule has 0 saturated carbocycles. The van der Waals surface area contributed by atoms with Gasteiger partial charge in [-0.2, -0.15) is 5.10 Å². The van der Waals surface area contributed by atoms with Crippen LogP contribution in [0.15, 0.2) is 4.90 Å². The molecule has 0 aromatic carbocycles. The van der Waals surface area contributed by atoms with Gasteiger partial charge in [-0.15, -0.1) is 0 Å². The third-order valence-electron chi connectivity index (χ3n) is 3.16. The van der Waals surface area contributed by atoms with Crippen molar-refractivity contribution in [3.05, 3.63) is 11.4 Å². The number of aliphatic carboxylic acids is 1. The first-order valence-corrected chi connectivity index (χ1v) is 8.10. The lowest BCUT2D eigenvalue weighted by Crippen LogP contribution is -2.37. The molecule has 0 amide bonds. The zero-order valence-electron chi connectivity index (χ0n) is 12.3. The molecular formula is C12H21N3O5S. The summed E-state index contributed by atoms with van der Waals surface area (Å²) in [6.07, 6.45) is 0.323. The van der Waals surface area contributed by atoms with E-state index in [1.807, 2.05) is 0 Å². The van der Waals surface area contributed by atoms with E-state index < -0.39 is 22.0 Å². The Hall–Kier alpha value is -1.45. The lowest BCUT2D eigenvalue weighted by molar-refractivity contribution is -0.137. The number of carboxylic acids is 1. The zero-order valence-corrected chi connectivity index (χ0v) is 13.1. The number of aryl methyl sites for hydroxylation is 2. The molecule has 0 saturated heterocycles. The highest BCUT2D eigenvalue weighted by Crippen LogP contribution is 2.20. The molecule has 0 unspecified atom stereocenters. The molecular weight excluding hydrogens is 298 g/mol. The Balaban J connectivity index is 3.09. The smallest absolute Gasteiger partial charge is 0.305 e. The highest BCUT2D eigenvalue weighted by atomic mass is 32.2. The summed E-state index contributed by atoms with van der Waals surface area (Å²) in [6.45, 7) is 4.71. The van der Waals surface area contributed by atoms with Crippen molar-refractivity contribution in [3.8, 4) is 0 Å². The van der Waals surface area contributed by atoms with Gasteiger partial charge in [0.15, 0.2) is 0 Å². The molecule has 21 heavy (non-hydrogen) atoms. The second kappa shape index (κ2) is 7.01. The van der Waals surface area contributed by atoms with Gasteiger partial charge < -0.3 is 10.2 Å². The summed E-state index contributed by atoms with van der Waals surface area (Å²) in [5.74, 6) is -0.976. The van der Waals surface area contributed by atoms with Crippen molar-refractivity contribution in [1.29, 1.82) is 0 Å². The Morgan fingerprint density at radius 1 is 1.43 bits per heavy atom. The van der Waals surface area contributed by atoms with Gasteiger partial charge in [0, 0.05) is 6.04 Å². The highest BCUT2D eigenvalue weighted by molar-refractivity contribution is 7.89. The molecule has 120 valence electrons. The Bertz CT molecular complexity index is 605. The van der Waals surface area contributed by atoms with E-state index in [4.69, 9.17) is 10.2 Å². The number of aliphatic hydroxyl groups excluding tert-OH is 1. The van der Waals surface area contributed by atoms with E-state index >= 15 is 0 Å². The number of aliphatic hydroxyl groups is 1. The van der Waals surface area contributed by atoms with Gasteiger partial charge in [-0.25, -0.2) is 13.1 Å². The minimum atomic E-state index is -3.80. The number of rotatable bonds is 8. The minimum Gasteiger partial charge on any atom is -0.481 e. The largest absolute Gasteiger partial charge is 0.481 e. The van der Waals surface area contributed by atoms with Crippen LogP contribution in [0.2, 0.25) is 0 Å². The number of sulfonamides is 1. The quantitative estimate of drug-likeness (QED) is 0.621. The number of hydrogen-bond acceptors (Lipinski definition) is 5. The second-order valence-electron chi connectivity index (χ2n) is 4.78. The topological polar surface area (TPSA) is 122 Å². The maximum atomic E-state index is 12.4. The van der Waals surface area contributed by atoms with E-state index in [0.717, 1.165) is 0 Å². The van der Waals surface area contributed by atoms with Crippen molar-refractivity contribution in [1.82, 2.24) is 14.5 Å². The average Bonchev–Trinajstić information content (AvgIpc) is 2.68. The van der Waals surface area contributed by atoms with Gasteiger partial charge in [0.05, 0.1) is 31.0 Å². The van der Waals surface area contributed by atoms with Gasteiger partial charge in [-0.05, 0) is 20.3 Å². The van der Waals surface area contributed by atoms with E-state index in [2.05, 4.69) is 9.82 Å². The summed E-state index contributed by atoms with van der Waals surface area (Å²) in [4.78, 5) is 10.6. The number of carboxylic acid groups (broad SMARTS) is 1. The molecule has 0 aliphatic carbocycles. The van der Waals surface area contributed by atoms with Gasteiger partial charge in [-0.1, -0.05) is 6.92 Å². The summed E-state index contributed by atoms with van der Waals surface area (Å²) in [5.41, 5.74) is 0.687. The molecule has 1 aromatic heterocycles. The van der Waals surface area contributed by atoms with Gasteiger partial charge in [-0.3, -0.25) is 9.48 Å². The molecule has 0 spiro atoms. The van der Waals surface area contributed by atoms with Crippen LogP contribution in [0.1, 0.15) is 31.2 Å². The molecule has 1 atom stereocenters. The Labute approximate surface area is 123 Å². The van der Waals surface area contributed by atoms with E-state index in [-0.39, 0.29) is 24.5 Å². The Morgan fingerprint density at radius 3 is 2.52 bits per heavy atom. The fraction of sp³-hybridized carbons (Fsp3) is 0.667. The van der Waals surface area contributed by atoms with Crippen LogP contribution >= 0.6 is 0 Å². The third kappa shape index (κ3) is 4.26. The second-order valence-corrected chi connectivity index (χ2v) is 6.43. The molecule has 0 radical (unpaired) electrons. The van der Waals surface area contributed by atoms with Crippen LogP contribution in [-0.4, -0.2) is 47.0 Å². The fourth-order valence-electron chi connectivity index (χ4n) is 2.02. The molecule has 1 rings (SSSR count). The normalized spacial score (nSPS) is 13.3. The van der Waals surface area contributed by atoms with Crippen LogP contribution in [0.25, 0.3) is 0 Å². The molecule has 9 heteroatoms. The third-order valence-corrected chi connectivity index (χ3v) is 4.93. The highest BCUT2D eigenvalue weighted by Gasteiger charge is 2.26. The Morgan fingerprint density at radius 2 is 2.05 bits per heavy atom. The molecule has 3 N–H and O–H groups in total. The standard InChI is InChI=1S/C12H21N3O5S/c1-4-10(7-16)14-21(19,20)12-8(2)13-15(9(12)3)6-5-11(17)18/h10,14,16H,4-7H2,1-3H3,(H,17,18)/t10-/m0/s1. The van der Waals surface area contributed by atoms with Gasteiger partial charge in [0.1, 0.15) is 4.90 Å². The van der Waals surface area contributed by atoms with Crippen LogP contribution in [0.5, 0.6) is 0 Å². The lowest BCUT2D eigenvalue weighted by atomic mass is 10.3. The molecule has 8 nitrogen and oxygen atoms in total. The van der Waals surface area contributed by atoms with Gasteiger partial charge >= 0.3 is 5.97 Å². The molecule has 0 aliphatic rings. The fourth-order valence-corrected chi connectivity index (χ4v) is 3.74. The SMILES string of the molecule is CC[C@@H](CO)NS(=O)(=O)c1c(C)nn(CCC(=O)O)c1C. The van der Waals surface area contributed by atoms with Gasteiger partial charge in [0.25, 0.3) is 0 Å². The van der Waals surface area contributed by atoms with Gasteiger partial charge in [0.2, 0.25) is 10.0 Å². The van der Waals surface area contributed by atoms with Crippen LogP contribution in [0.3, 0.4) is 0 Å². The number of nitrogens with one attached hydrogen (secondary N) is 1. The van der Waals surface area contributed by atoms with Crippen molar-refractivity contribution in [2.75, 3.05) is 6.61 Å². The van der Waals surface area contributed by atoms with Crippen molar-refractivity contribution in [2.45, 2.75) is 51.1 Å². The number of hydrogen-bond donors (Lipinski definition) is 3. The van der Waals surface area contributed by atoms with Crippen molar-refractivity contribution >= 4 is 16.0 Å². The molecule has 1 aromatic rings. The maximum Gasteiger partial charge on any atom is 0.305 e. The van der Waals surface area contributed by atoms with Crippen molar-refractivity contribution in [3.63, 3.8) is 0 Å². The summed E-state index contributed by atoms with van der Waals surface area (Å²) in [5, 5.41) is 21.9. The summed E-state index contributed by atoms with van der Waals surface area (Å²) < 4.78 is 28.5. The average molecular weight is 319 g/mol. The predicted molar refractivity (Wildman–Crippen MR) is 75.4 cm³/mol.